The fourth-order valence-electron chi connectivity index (χ4n) is 11.1. The zero-order valence-electron chi connectivity index (χ0n) is 39.6. The van der Waals surface area contributed by atoms with Crippen molar-refractivity contribution in [1.29, 1.82) is 0 Å². The molecule has 0 amide bonds. The third kappa shape index (κ3) is 6.86. The molecule has 0 aliphatic rings. The Bertz CT molecular complexity index is 4110. The lowest BCUT2D eigenvalue weighted by molar-refractivity contribution is 0.591. The molecule has 332 valence electrons. The van der Waals surface area contributed by atoms with Gasteiger partial charge in [-0.25, -0.2) is 0 Å². The lowest BCUT2D eigenvalue weighted by Gasteiger charge is -2.23. The minimum Gasteiger partial charge on any atom is -0.309 e. The van der Waals surface area contributed by atoms with Gasteiger partial charge in [0.15, 0.2) is 0 Å². The summed E-state index contributed by atoms with van der Waals surface area (Å²) in [6, 6.07) is 90.7. The van der Waals surface area contributed by atoms with Gasteiger partial charge in [-0.2, -0.15) is 0 Å². The molecule has 0 unspecified atom stereocenters. The van der Waals surface area contributed by atoms with Crippen molar-refractivity contribution in [3.05, 3.63) is 254 Å². The van der Waals surface area contributed by atoms with Gasteiger partial charge in [-0.15, -0.1) is 0 Å². The maximum atomic E-state index is 2.44. The summed E-state index contributed by atoms with van der Waals surface area (Å²) >= 11 is 0. The van der Waals surface area contributed by atoms with E-state index in [-0.39, 0.29) is 5.41 Å². The summed E-state index contributed by atoms with van der Waals surface area (Å²) in [5.74, 6) is 0. The first-order chi connectivity index (χ1) is 34.4. The molecule has 12 aromatic carbocycles. The molecular formula is C68H50N2. The van der Waals surface area contributed by atoms with Crippen molar-refractivity contribution < 1.29 is 0 Å². The van der Waals surface area contributed by atoms with E-state index >= 15 is 0 Å². The summed E-state index contributed by atoms with van der Waals surface area (Å²) in [4.78, 5) is 0. The summed E-state index contributed by atoms with van der Waals surface area (Å²) in [7, 11) is 0. The van der Waals surface area contributed by atoms with E-state index in [4.69, 9.17) is 0 Å². The molecule has 2 heteroatoms. The Morgan fingerprint density at radius 3 is 1.04 bits per heavy atom. The van der Waals surface area contributed by atoms with Crippen molar-refractivity contribution >= 4 is 86.7 Å². The van der Waals surface area contributed by atoms with Crippen molar-refractivity contribution in [1.82, 2.24) is 9.13 Å². The van der Waals surface area contributed by atoms with Crippen LogP contribution in [0.5, 0.6) is 0 Å². The summed E-state index contributed by atoms with van der Waals surface area (Å²) in [6.45, 7) is 6.90. The Morgan fingerprint density at radius 2 is 0.614 bits per heavy atom. The molecule has 0 saturated carbocycles. The summed E-state index contributed by atoms with van der Waals surface area (Å²) < 4.78 is 4.75. The van der Waals surface area contributed by atoms with E-state index in [1.54, 1.807) is 0 Å². The van der Waals surface area contributed by atoms with Gasteiger partial charge in [0.2, 0.25) is 0 Å². The maximum absolute atomic E-state index is 2.44. The van der Waals surface area contributed by atoms with Crippen molar-refractivity contribution in [2.45, 2.75) is 26.2 Å². The minimum absolute atomic E-state index is 0.0591. The van der Waals surface area contributed by atoms with Gasteiger partial charge in [0.05, 0.1) is 22.1 Å². The molecule has 2 heterocycles. The molecule has 0 bridgehead atoms. The van der Waals surface area contributed by atoms with Crippen LogP contribution in [0.4, 0.5) is 0 Å². The zero-order valence-corrected chi connectivity index (χ0v) is 39.6. The van der Waals surface area contributed by atoms with Crippen LogP contribution in [0.25, 0.3) is 120 Å². The second-order valence-corrected chi connectivity index (χ2v) is 19.7. The topological polar surface area (TPSA) is 9.86 Å². The normalized spacial score (nSPS) is 11.9. The highest BCUT2D eigenvalue weighted by atomic mass is 15.0. The van der Waals surface area contributed by atoms with Crippen LogP contribution < -0.4 is 0 Å². The van der Waals surface area contributed by atoms with E-state index in [2.05, 4.69) is 279 Å². The molecule has 0 aliphatic heterocycles. The number of hydrogen-bond acceptors (Lipinski definition) is 0. The van der Waals surface area contributed by atoms with Crippen LogP contribution in [-0.4, -0.2) is 9.13 Å². The first-order valence-corrected chi connectivity index (χ1v) is 24.4. The van der Waals surface area contributed by atoms with E-state index in [1.807, 2.05) is 0 Å². The molecule has 0 atom stereocenters. The zero-order chi connectivity index (χ0) is 46.9. The monoisotopic (exact) mass is 894 g/mol. The average Bonchev–Trinajstić information content (AvgIpc) is 3.93. The first kappa shape index (κ1) is 41.5. The fraction of sp³-hybridized carbons (Fsp3) is 0.0588. The Balaban J connectivity index is 0.000000139. The Morgan fingerprint density at radius 1 is 0.257 bits per heavy atom. The van der Waals surface area contributed by atoms with Gasteiger partial charge in [-0.3, -0.25) is 0 Å². The average molecular weight is 895 g/mol. The predicted octanol–water partition coefficient (Wildman–Crippen LogP) is 18.8. The van der Waals surface area contributed by atoms with Crippen LogP contribution in [0.1, 0.15) is 26.3 Å². The van der Waals surface area contributed by atoms with Crippen molar-refractivity contribution in [3.63, 3.8) is 0 Å². The molecule has 2 aromatic heterocycles. The second-order valence-electron chi connectivity index (χ2n) is 19.7. The third-order valence-electron chi connectivity index (χ3n) is 14.5. The van der Waals surface area contributed by atoms with Crippen molar-refractivity contribution in [2.75, 3.05) is 0 Å². The van der Waals surface area contributed by atoms with E-state index in [0.29, 0.717) is 0 Å². The van der Waals surface area contributed by atoms with Crippen LogP contribution in [0.15, 0.2) is 249 Å². The fourth-order valence-corrected chi connectivity index (χ4v) is 11.1. The van der Waals surface area contributed by atoms with Crippen molar-refractivity contribution in [2.24, 2.45) is 0 Å². The quantitative estimate of drug-likeness (QED) is 0.156. The molecular weight excluding hydrogens is 845 g/mol. The van der Waals surface area contributed by atoms with Gasteiger partial charge < -0.3 is 9.13 Å². The third-order valence-corrected chi connectivity index (χ3v) is 14.5. The number of para-hydroxylation sites is 4. The molecule has 0 saturated heterocycles. The molecule has 0 fully saturated rings. The number of aromatic nitrogens is 2. The van der Waals surface area contributed by atoms with Crippen molar-refractivity contribution in [3.8, 4) is 33.6 Å². The smallest absolute Gasteiger partial charge is 0.0541 e. The molecule has 0 spiro atoms. The standard InChI is InChI=1S/C38H30.C30H20N2/c1-38(2,3)31-20-21-34-35(24-31)37(30-19-17-26-11-5-7-13-28(26)23-30)33-15-9-8-14-32(33)36(34)29-18-16-25-10-4-6-12-27(25)22-29;1-5-16-27-23(12-1)24-13-2-6-17-28(24)31(27)21-10-9-11-22(20-21)32-29-18-7-3-14-25(29)26-15-4-8-19-30(26)32/h4-24H,1-3H3;1-20H. The molecule has 70 heavy (non-hydrogen) atoms. The Labute approximate surface area is 407 Å². The number of nitrogens with zero attached hydrogens (tertiary/aromatic N) is 2. The summed E-state index contributed by atoms with van der Waals surface area (Å²) in [5.41, 5.74) is 13.8. The molecule has 0 radical (unpaired) electrons. The Kier molecular flexibility index (Phi) is 9.78. The minimum atomic E-state index is 0.0591. The van der Waals surface area contributed by atoms with Gasteiger partial charge in [-0.05, 0) is 137 Å². The summed E-state index contributed by atoms with van der Waals surface area (Å²) in [5, 5.41) is 15.4. The number of fused-ring (bicyclic) bond motifs is 10. The Hall–Kier alpha value is -8.72. The largest absolute Gasteiger partial charge is 0.309 e. The maximum Gasteiger partial charge on any atom is 0.0541 e. The van der Waals surface area contributed by atoms with E-state index < -0.39 is 0 Å². The first-order valence-electron chi connectivity index (χ1n) is 24.4. The molecule has 2 nitrogen and oxygen atoms in total. The number of rotatable bonds is 4. The molecule has 0 N–H and O–H groups in total. The SMILES string of the molecule is CC(C)(C)c1ccc2c(-c3ccc4ccccc4c3)c3ccccc3c(-c3ccc4ccccc4c3)c2c1.c1cc(-n2c3ccccc3c3ccccc32)cc(-n2c3ccccc3c3ccccc32)c1. The molecule has 0 aliphatic carbocycles. The second kappa shape index (κ2) is 16.5. The van der Waals surface area contributed by atoms with Gasteiger partial charge in [0.1, 0.15) is 0 Å². The number of benzene rings is 12. The predicted molar refractivity (Wildman–Crippen MR) is 301 cm³/mol. The van der Waals surface area contributed by atoms with Gasteiger partial charge >= 0.3 is 0 Å². The lowest BCUT2D eigenvalue weighted by atomic mass is 9.81. The van der Waals surface area contributed by atoms with E-state index in [9.17, 15) is 0 Å². The lowest BCUT2D eigenvalue weighted by Crippen LogP contribution is -2.10. The highest BCUT2D eigenvalue weighted by Crippen LogP contribution is 2.46. The van der Waals surface area contributed by atoms with E-state index in [0.717, 1.165) is 0 Å². The molecule has 14 rings (SSSR count). The van der Waals surface area contributed by atoms with E-state index in [1.165, 1.54) is 126 Å². The summed E-state index contributed by atoms with van der Waals surface area (Å²) in [6.07, 6.45) is 0. The van der Waals surface area contributed by atoms with Crippen LogP contribution in [-0.2, 0) is 5.41 Å². The highest BCUT2D eigenvalue weighted by molar-refractivity contribution is 6.22. The number of hydrogen-bond donors (Lipinski definition) is 0. The van der Waals surface area contributed by atoms with Crippen LogP contribution in [0.2, 0.25) is 0 Å². The molecule has 14 aromatic rings. The van der Waals surface area contributed by atoms with Crippen LogP contribution in [0.3, 0.4) is 0 Å². The highest BCUT2D eigenvalue weighted by Gasteiger charge is 2.21. The van der Waals surface area contributed by atoms with Gasteiger partial charge in [-0.1, -0.05) is 209 Å². The van der Waals surface area contributed by atoms with Gasteiger partial charge in [0.25, 0.3) is 0 Å². The van der Waals surface area contributed by atoms with Crippen LogP contribution in [0, 0.1) is 0 Å². The van der Waals surface area contributed by atoms with Gasteiger partial charge in [0, 0.05) is 32.9 Å². The van der Waals surface area contributed by atoms with Crippen LogP contribution >= 0.6 is 0 Å².